The molecule has 0 aromatic heterocycles. The van der Waals surface area contributed by atoms with Crippen molar-refractivity contribution < 1.29 is 9.45 Å². The average molecular weight is 305 g/mol. The van der Waals surface area contributed by atoms with E-state index >= 15 is 0 Å². The summed E-state index contributed by atoms with van der Waals surface area (Å²) >= 11 is 4.60. The van der Waals surface area contributed by atoms with Gasteiger partial charge in [-0.25, -0.2) is 0 Å². The van der Waals surface area contributed by atoms with Crippen LogP contribution >= 0.6 is 12.6 Å². The van der Waals surface area contributed by atoms with Gasteiger partial charge >= 0.3 is 7.48 Å². The summed E-state index contributed by atoms with van der Waals surface area (Å²) in [6, 6.07) is 6.08. The summed E-state index contributed by atoms with van der Waals surface area (Å²) in [5, 5.41) is 0. The van der Waals surface area contributed by atoms with Crippen molar-refractivity contribution in [2.75, 3.05) is 13.6 Å². The van der Waals surface area contributed by atoms with Crippen molar-refractivity contribution in [3.63, 3.8) is 0 Å². The van der Waals surface area contributed by atoms with Crippen molar-refractivity contribution in [1.82, 2.24) is 4.90 Å². The number of hydrogen-bond acceptors (Lipinski definition) is 3. The van der Waals surface area contributed by atoms with Crippen LogP contribution in [-0.4, -0.2) is 42.2 Å². The maximum Gasteiger partial charge on any atom is 0.309 e. The van der Waals surface area contributed by atoms with E-state index in [-0.39, 0.29) is 16.3 Å². The third-order valence-electron chi connectivity index (χ3n) is 4.54. The predicted molar refractivity (Wildman–Crippen MR) is 92.1 cm³/mol. The summed E-state index contributed by atoms with van der Waals surface area (Å²) in [4.78, 5) is 14.0. The van der Waals surface area contributed by atoms with E-state index in [1.54, 1.807) is 4.90 Å². The van der Waals surface area contributed by atoms with Crippen molar-refractivity contribution in [3.8, 4) is 0 Å². The SMILES string of the molecule is CN1CCc2ccc(BOC(C)(C)C(C)(C)S)cc2C1=O. The molecule has 0 spiro atoms. The van der Waals surface area contributed by atoms with Gasteiger partial charge in [0.05, 0.1) is 5.60 Å². The smallest absolute Gasteiger partial charge is 0.309 e. The van der Waals surface area contributed by atoms with Gasteiger partial charge in [0, 0.05) is 23.9 Å². The highest BCUT2D eigenvalue weighted by molar-refractivity contribution is 7.81. The highest BCUT2D eigenvalue weighted by atomic mass is 32.1. The Balaban J connectivity index is 2.15. The molecule has 5 heteroatoms. The van der Waals surface area contributed by atoms with E-state index in [1.807, 2.05) is 40.8 Å². The van der Waals surface area contributed by atoms with Gasteiger partial charge in [-0.05, 0) is 39.7 Å². The van der Waals surface area contributed by atoms with Crippen LogP contribution in [-0.2, 0) is 11.1 Å². The predicted octanol–water partition coefficient (Wildman–Crippen LogP) is 1.80. The number of amides is 1. The topological polar surface area (TPSA) is 29.5 Å². The molecule has 0 unspecified atom stereocenters. The lowest BCUT2D eigenvalue weighted by Crippen LogP contribution is -2.46. The quantitative estimate of drug-likeness (QED) is 0.679. The number of carbonyl (C=O) groups excluding carboxylic acids is 1. The molecule has 0 radical (unpaired) electrons. The molecule has 3 nitrogen and oxygen atoms in total. The first-order valence-corrected chi connectivity index (χ1v) is 7.80. The second-order valence-corrected chi connectivity index (χ2v) is 7.94. The molecular formula is C16H24BNO2S. The van der Waals surface area contributed by atoms with E-state index in [4.69, 9.17) is 4.65 Å². The molecule has 1 aromatic rings. The van der Waals surface area contributed by atoms with E-state index < -0.39 is 0 Å². The fourth-order valence-corrected chi connectivity index (χ4v) is 2.23. The molecule has 0 bridgehead atoms. The van der Waals surface area contributed by atoms with Gasteiger partial charge in [-0.2, -0.15) is 12.6 Å². The van der Waals surface area contributed by atoms with Gasteiger partial charge < -0.3 is 9.55 Å². The Kier molecular flexibility index (Phi) is 4.45. The minimum absolute atomic E-state index is 0.104. The van der Waals surface area contributed by atoms with Crippen molar-refractivity contribution in [2.45, 2.75) is 44.5 Å². The number of likely N-dealkylation sites (N-methyl/N-ethyl adjacent to an activating group) is 1. The number of thiol groups is 1. The molecule has 1 heterocycles. The Labute approximate surface area is 133 Å². The molecular weight excluding hydrogens is 281 g/mol. The van der Waals surface area contributed by atoms with Crippen molar-refractivity contribution in [3.05, 3.63) is 29.3 Å². The molecule has 1 aliphatic rings. The standard InChI is InChI=1S/C16H24BNO2S/c1-15(2,16(3,4)21)20-17-12-7-6-11-8-9-18(5)14(19)13(11)10-12/h6-7,10,17,21H,8-9H2,1-5H3. The van der Waals surface area contributed by atoms with E-state index in [0.29, 0.717) is 7.48 Å². The van der Waals surface area contributed by atoms with Gasteiger partial charge in [0.15, 0.2) is 0 Å². The first-order chi connectivity index (χ1) is 9.62. The lowest BCUT2D eigenvalue weighted by molar-refractivity contribution is 0.0781. The minimum Gasteiger partial charge on any atom is -0.428 e. The largest absolute Gasteiger partial charge is 0.428 e. The fourth-order valence-electron chi connectivity index (χ4n) is 2.17. The Morgan fingerprint density at radius 1 is 1.29 bits per heavy atom. The Hall–Kier alpha value is -0.935. The number of nitrogens with zero attached hydrogens (tertiary/aromatic N) is 1. The van der Waals surface area contributed by atoms with Gasteiger partial charge in [-0.15, -0.1) is 0 Å². The van der Waals surface area contributed by atoms with Crippen LogP contribution in [0.15, 0.2) is 18.2 Å². The molecule has 0 N–H and O–H groups in total. The van der Waals surface area contributed by atoms with E-state index in [0.717, 1.165) is 29.6 Å². The summed E-state index contributed by atoms with van der Waals surface area (Å²) in [5.41, 5.74) is 2.62. The maximum atomic E-state index is 12.2. The normalized spacial score (nSPS) is 15.9. The molecule has 0 saturated carbocycles. The second kappa shape index (κ2) is 5.69. The number of rotatable bonds is 4. The van der Waals surface area contributed by atoms with E-state index in [1.165, 1.54) is 0 Å². The van der Waals surface area contributed by atoms with E-state index in [9.17, 15) is 4.79 Å². The third-order valence-corrected chi connectivity index (χ3v) is 5.08. The van der Waals surface area contributed by atoms with Gasteiger partial charge in [0.25, 0.3) is 5.91 Å². The molecule has 1 amide bonds. The van der Waals surface area contributed by atoms with Crippen molar-refractivity contribution >= 4 is 31.5 Å². The Morgan fingerprint density at radius 2 is 1.95 bits per heavy atom. The lowest BCUT2D eigenvalue weighted by atomic mass is 9.81. The number of fused-ring (bicyclic) bond motifs is 1. The van der Waals surface area contributed by atoms with Crippen LogP contribution in [0.4, 0.5) is 0 Å². The van der Waals surface area contributed by atoms with Gasteiger partial charge in [0.2, 0.25) is 0 Å². The van der Waals surface area contributed by atoms with Crippen LogP contribution in [0.2, 0.25) is 0 Å². The van der Waals surface area contributed by atoms with Crippen molar-refractivity contribution in [1.29, 1.82) is 0 Å². The van der Waals surface area contributed by atoms with Crippen LogP contribution in [0, 0.1) is 0 Å². The molecule has 1 aromatic carbocycles. The third kappa shape index (κ3) is 3.46. The van der Waals surface area contributed by atoms with Crippen LogP contribution in [0.5, 0.6) is 0 Å². The van der Waals surface area contributed by atoms with Crippen LogP contribution in [0.3, 0.4) is 0 Å². The zero-order chi connectivity index (χ0) is 15.8. The zero-order valence-corrected chi connectivity index (χ0v) is 14.5. The summed E-state index contributed by atoms with van der Waals surface area (Å²) in [6.45, 7) is 8.96. The summed E-state index contributed by atoms with van der Waals surface area (Å²) in [7, 11) is 2.34. The number of carbonyl (C=O) groups is 1. The first kappa shape index (κ1) is 16.4. The summed E-state index contributed by atoms with van der Waals surface area (Å²) in [6.07, 6.45) is 0.924. The monoisotopic (exact) mass is 305 g/mol. The van der Waals surface area contributed by atoms with Gasteiger partial charge in [0.1, 0.15) is 0 Å². The van der Waals surface area contributed by atoms with Crippen LogP contribution < -0.4 is 5.46 Å². The molecule has 0 atom stereocenters. The van der Waals surface area contributed by atoms with Gasteiger partial charge in [-0.3, -0.25) is 4.79 Å². The maximum absolute atomic E-state index is 12.2. The lowest BCUT2D eigenvalue weighted by Gasteiger charge is -2.38. The molecule has 114 valence electrons. The Bertz CT molecular complexity index is 552. The zero-order valence-electron chi connectivity index (χ0n) is 13.6. The highest BCUT2D eigenvalue weighted by Crippen LogP contribution is 2.30. The molecule has 21 heavy (non-hydrogen) atoms. The summed E-state index contributed by atoms with van der Waals surface area (Å²) in [5.74, 6) is 0.104. The second-order valence-electron chi connectivity index (χ2n) is 6.83. The molecule has 0 aliphatic carbocycles. The van der Waals surface area contributed by atoms with E-state index in [2.05, 4.69) is 24.8 Å². The summed E-state index contributed by atoms with van der Waals surface area (Å²) < 4.78 is 5.79. The molecule has 0 fully saturated rings. The Morgan fingerprint density at radius 3 is 2.57 bits per heavy atom. The number of benzene rings is 1. The molecule has 2 rings (SSSR count). The average Bonchev–Trinajstić information content (AvgIpc) is 2.40. The molecule has 0 saturated heterocycles. The highest BCUT2D eigenvalue weighted by Gasteiger charge is 2.34. The number of hydrogen-bond donors (Lipinski definition) is 1. The fraction of sp³-hybridized carbons (Fsp3) is 0.562. The molecule has 1 aliphatic heterocycles. The minimum atomic E-state index is -0.354. The first-order valence-electron chi connectivity index (χ1n) is 7.35. The van der Waals surface area contributed by atoms with Crippen LogP contribution in [0.25, 0.3) is 0 Å². The van der Waals surface area contributed by atoms with Crippen molar-refractivity contribution in [2.24, 2.45) is 0 Å². The van der Waals surface area contributed by atoms with Gasteiger partial charge in [-0.1, -0.05) is 23.7 Å². The van der Waals surface area contributed by atoms with Crippen LogP contribution in [0.1, 0.15) is 43.6 Å².